The molecule has 2 N–H and O–H groups in total. The van der Waals surface area contributed by atoms with Gasteiger partial charge in [0.25, 0.3) is 5.91 Å². The predicted octanol–water partition coefficient (Wildman–Crippen LogP) is 2.28. The van der Waals surface area contributed by atoms with Crippen LogP contribution in [0.5, 0.6) is 5.75 Å². The summed E-state index contributed by atoms with van der Waals surface area (Å²) in [5.41, 5.74) is 6.28. The molecule has 1 aromatic rings. The van der Waals surface area contributed by atoms with E-state index in [0.29, 0.717) is 24.4 Å². The van der Waals surface area contributed by atoms with E-state index in [4.69, 9.17) is 10.5 Å². The Hall–Kier alpha value is -1.55. The Morgan fingerprint density at radius 3 is 2.58 bits per heavy atom. The molecule has 0 saturated heterocycles. The van der Waals surface area contributed by atoms with Gasteiger partial charge in [-0.15, -0.1) is 0 Å². The smallest absolute Gasteiger partial charge is 0.254 e. The van der Waals surface area contributed by atoms with Crippen molar-refractivity contribution in [3.8, 4) is 5.75 Å². The number of hydrogen-bond donors (Lipinski definition) is 1. The number of carbonyl (C=O) groups is 1. The van der Waals surface area contributed by atoms with Gasteiger partial charge in [0, 0.05) is 24.7 Å². The van der Waals surface area contributed by atoms with Crippen molar-refractivity contribution in [2.24, 2.45) is 5.73 Å². The van der Waals surface area contributed by atoms with Gasteiger partial charge in [-0.3, -0.25) is 4.79 Å². The molecule has 1 aromatic carbocycles. The molecule has 0 aromatic heterocycles. The van der Waals surface area contributed by atoms with Gasteiger partial charge in [0.2, 0.25) is 0 Å². The molecule has 106 valence electrons. The molecule has 4 heteroatoms. The molecule has 0 unspecified atom stereocenters. The van der Waals surface area contributed by atoms with Crippen LogP contribution in [0.15, 0.2) is 24.3 Å². The number of hydrogen-bond acceptors (Lipinski definition) is 3. The third kappa shape index (κ3) is 3.96. The number of ether oxygens (including phenoxy) is 1. The van der Waals surface area contributed by atoms with Crippen LogP contribution in [-0.4, -0.2) is 37.0 Å². The first-order chi connectivity index (χ1) is 9.17. The summed E-state index contributed by atoms with van der Waals surface area (Å²) >= 11 is 0. The Balaban J connectivity index is 2.97. The van der Waals surface area contributed by atoms with Gasteiger partial charge in [0.15, 0.2) is 0 Å². The molecule has 0 saturated carbocycles. The number of nitrogens with zero attached hydrogens (tertiary/aromatic N) is 1. The first kappa shape index (κ1) is 15.5. The number of rotatable bonds is 7. The normalized spacial score (nSPS) is 10.6. The van der Waals surface area contributed by atoms with E-state index in [2.05, 4.69) is 13.8 Å². The monoisotopic (exact) mass is 264 g/mol. The van der Waals surface area contributed by atoms with Crippen molar-refractivity contribution in [1.29, 1.82) is 0 Å². The standard InChI is InChI=1S/C15H24N2O2/c1-4-13(5-2)17(10-9-16)15(18)12-7-6-8-14(11-12)19-3/h6-8,11,13H,4-5,9-10,16H2,1-3H3. The van der Waals surface area contributed by atoms with Gasteiger partial charge >= 0.3 is 0 Å². The highest BCUT2D eigenvalue weighted by molar-refractivity contribution is 5.94. The zero-order chi connectivity index (χ0) is 14.3. The van der Waals surface area contributed by atoms with E-state index in [1.807, 2.05) is 23.1 Å². The van der Waals surface area contributed by atoms with Crippen LogP contribution in [0, 0.1) is 0 Å². The third-order valence-electron chi connectivity index (χ3n) is 3.33. The van der Waals surface area contributed by atoms with E-state index in [0.717, 1.165) is 12.8 Å². The molecule has 0 fully saturated rings. The van der Waals surface area contributed by atoms with Crippen LogP contribution >= 0.6 is 0 Å². The maximum absolute atomic E-state index is 12.6. The number of amides is 1. The Bertz CT molecular complexity index is 403. The lowest BCUT2D eigenvalue weighted by molar-refractivity contribution is 0.0674. The molecule has 0 spiro atoms. The van der Waals surface area contributed by atoms with Crippen LogP contribution in [0.2, 0.25) is 0 Å². The number of carbonyl (C=O) groups excluding carboxylic acids is 1. The molecule has 0 heterocycles. The van der Waals surface area contributed by atoms with Crippen molar-refractivity contribution >= 4 is 5.91 Å². The first-order valence-electron chi connectivity index (χ1n) is 6.82. The van der Waals surface area contributed by atoms with Crippen LogP contribution in [-0.2, 0) is 0 Å². The molecule has 0 radical (unpaired) electrons. The quantitative estimate of drug-likeness (QED) is 0.822. The summed E-state index contributed by atoms with van der Waals surface area (Å²) in [5, 5.41) is 0. The minimum absolute atomic E-state index is 0.0260. The minimum Gasteiger partial charge on any atom is -0.497 e. The summed E-state index contributed by atoms with van der Waals surface area (Å²) in [6.45, 7) is 5.25. The fourth-order valence-electron chi connectivity index (χ4n) is 2.24. The molecule has 1 rings (SSSR count). The molecule has 4 nitrogen and oxygen atoms in total. The van der Waals surface area contributed by atoms with Crippen molar-refractivity contribution in [3.63, 3.8) is 0 Å². The maximum Gasteiger partial charge on any atom is 0.254 e. The molecular formula is C15H24N2O2. The van der Waals surface area contributed by atoms with Crippen LogP contribution in [0.3, 0.4) is 0 Å². The number of benzene rings is 1. The Morgan fingerprint density at radius 1 is 1.37 bits per heavy atom. The van der Waals surface area contributed by atoms with Crippen LogP contribution in [0.25, 0.3) is 0 Å². The van der Waals surface area contributed by atoms with E-state index >= 15 is 0 Å². The Kier molecular flexibility index (Phi) is 6.36. The van der Waals surface area contributed by atoms with Crippen molar-refractivity contribution < 1.29 is 9.53 Å². The number of methoxy groups -OCH3 is 1. The minimum atomic E-state index is 0.0260. The predicted molar refractivity (Wildman–Crippen MR) is 77.5 cm³/mol. The molecule has 0 aliphatic carbocycles. The van der Waals surface area contributed by atoms with E-state index < -0.39 is 0 Å². The maximum atomic E-state index is 12.6. The van der Waals surface area contributed by atoms with Gasteiger partial charge in [-0.1, -0.05) is 19.9 Å². The average molecular weight is 264 g/mol. The van der Waals surface area contributed by atoms with Gasteiger partial charge in [0.1, 0.15) is 5.75 Å². The van der Waals surface area contributed by atoms with Crippen molar-refractivity contribution in [3.05, 3.63) is 29.8 Å². The fraction of sp³-hybridized carbons (Fsp3) is 0.533. The topological polar surface area (TPSA) is 55.6 Å². The lowest BCUT2D eigenvalue weighted by Gasteiger charge is -2.30. The van der Waals surface area contributed by atoms with Crippen LogP contribution < -0.4 is 10.5 Å². The van der Waals surface area contributed by atoms with Gasteiger partial charge in [-0.05, 0) is 31.0 Å². The third-order valence-corrected chi connectivity index (χ3v) is 3.33. The largest absolute Gasteiger partial charge is 0.497 e. The molecule has 1 amide bonds. The summed E-state index contributed by atoms with van der Waals surface area (Å²) in [6, 6.07) is 7.49. The molecule has 0 aliphatic rings. The highest BCUT2D eigenvalue weighted by Gasteiger charge is 2.21. The van der Waals surface area contributed by atoms with Gasteiger partial charge < -0.3 is 15.4 Å². The second-order valence-electron chi connectivity index (χ2n) is 4.49. The highest BCUT2D eigenvalue weighted by Crippen LogP contribution is 2.17. The molecule has 0 bridgehead atoms. The van der Waals surface area contributed by atoms with Crippen LogP contribution in [0.1, 0.15) is 37.0 Å². The zero-order valence-electron chi connectivity index (χ0n) is 12.1. The highest BCUT2D eigenvalue weighted by atomic mass is 16.5. The molecule has 0 aliphatic heterocycles. The lowest BCUT2D eigenvalue weighted by atomic mass is 10.1. The molecular weight excluding hydrogens is 240 g/mol. The first-order valence-corrected chi connectivity index (χ1v) is 6.82. The molecule has 0 atom stereocenters. The van der Waals surface area contributed by atoms with Gasteiger partial charge in [0.05, 0.1) is 7.11 Å². The van der Waals surface area contributed by atoms with E-state index in [1.165, 1.54) is 0 Å². The summed E-state index contributed by atoms with van der Waals surface area (Å²) in [7, 11) is 1.60. The summed E-state index contributed by atoms with van der Waals surface area (Å²) < 4.78 is 5.16. The second-order valence-corrected chi connectivity index (χ2v) is 4.49. The average Bonchev–Trinajstić information content (AvgIpc) is 2.47. The SMILES string of the molecule is CCC(CC)N(CCN)C(=O)c1cccc(OC)c1. The summed E-state index contributed by atoms with van der Waals surface area (Å²) in [5.74, 6) is 0.723. The second kappa shape index (κ2) is 7.79. The molecule has 19 heavy (non-hydrogen) atoms. The lowest BCUT2D eigenvalue weighted by Crippen LogP contribution is -2.42. The number of nitrogens with two attached hydrogens (primary N) is 1. The summed E-state index contributed by atoms with van der Waals surface area (Å²) in [4.78, 5) is 14.4. The van der Waals surface area contributed by atoms with Crippen molar-refractivity contribution in [1.82, 2.24) is 4.90 Å². The van der Waals surface area contributed by atoms with E-state index in [1.54, 1.807) is 13.2 Å². The van der Waals surface area contributed by atoms with Gasteiger partial charge in [-0.2, -0.15) is 0 Å². The zero-order valence-corrected chi connectivity index (χ0v) is 12.1. The van der Waals surface area contributed by atoms with E-state index in [-0.39, 0.29) is 11.9 Å². The fourth-order valence-corrected chi connectivity index (χ4v) is 2.24. The van der Waals surface area contributed by atoms with Crippen molar-refractivity contribution in [2.75, 3.05) is 20.2 Å². The van der Waals surface area contributed by atoms with Gasteiger partial charge in [-0.25, -0.2) is 0 Å². The summed E-state index contributed by atoms with van der Waals surface area (Å²) in [6.07, 6.45) is 1.87. The van der Waals surface area contributed by atoms with Crippen molar-refractivity contribution in [2.45, 2.75) is 32.7 Å². The Morgan fingerprint density at radius 2 is 2.05 bits per heavy atom. The van der Waals surface area contributed by atoms with Crippen LogP contribution in [0.4, 0.5) is 0 Å². The Labute approximate surface area is 115 Å². The van der Waals surface area contributed by atoms with E-state index in [9.17, 15) is 4.79 Å².